The molecule has 0 aliphatic heterocycles. The van der Waals surface area contributed by atoms with Crippen LogP contribution in [0, 0.1) is 6.92 Å². The Hall–Kier alpha value is -2.31. The molecule has 40 heavy (non-hydrogen) atoms. The highest BCUT2D eigenvalue weighted by atomic mass is 35.5. The minimum Gasteiger partial charge on any atom is -0.382 e. The van der Waals surface area contributed by atoms with Gasteiger partial charge in [-0.15, -0.1) is 0 Å². The van der Waals surface area contributed by atoms with Crippen LogP contribution in [0.4, 0.5) is 13.2 Å². The number of hydroxylamine groups is 2. The van der Waals surface area contributed by atoms with E-state index in [0.717, 1.165) is 37.2 Å². The molecule has 13 heteroatoms. The Morgan fingerprint density at radius 2 is 1.75 bits per heavy atom. The number of thiocarbonyl (C=S) groups is 1. The number of rotatable bonds is 8. The van der Waals surface area contributed by atoms with Crippen LogP contribution in [0.5, 0.6) is 5.75 Å². The van der Waals surface area contributed by atoms with Gasteiger partial charge < -0.3 is 8.75 Å². The molecule has 0 radical (unpaired) electrons. The molecule has 1 aliphatic carbocycles. The molecule has 6 nitrogen and oxygen atoms in total. The van der Waals surface area contributed by atoms with Crippen molar-refractivity contribution in [2.24, 2.45) is 0 Å². The molecule has 0 bridgehead atoms. The first-order valence-corrected chi connectivity index (χ1v) is 15.3. The average Bonchev–Trinajstić information content (AvgIpc) is 3.23. The van der Waals surface area contributed by atoms with Crippen molar-refractivity contribution in [3.63, 3.8) is 0 Å². The van der Waals surface area contributed by atoms with Crippen LogP contribution in [0.3, 0.4) is 0 Å². The second kappa shape index (κ2) is 12.3. The van der Waals surface area contributed by atoms with Crippen molar-refractivity contribution in [2.45, 2.75) is 57.7 Å². The Balaban J connectivity index is 1.71. The van der Waals surface area contributed by atoms with Crippen LogP contribution < -0.4 is 4.18 Å². The zero-order valence-electron chi connectivity index (χ0n) is 21.4. The summed E-state index contributed by atoms with van der Waals surface area (Å²) in [4.78, 5) is 0.269. The van der Waals surface area contributed by atoms with Gasteiger partial charge in [-0.2, -0.15) is 21.6 Å². The molecule has 0 unspecified atom stereocenters. The molecule has 0 amide bonds. The van der Waals surface area contributed by atoms with Crippen LogP contribution in [0.2, 0.25) is 10.0 Å². The van der Waals surface area contributed by atoms with E-state index in [1.54, 1.807) is 30.3 Å². The lowest BCUT2D eigenvalue weighted by Crippen LogP contribution is -2.38. The smallest absolute Gasteiger partial charge is 0.382 e. The van der Waals surface area contributed by atoms with Crippen molar-refractivity contribution in [3.8, 4) is 22.7 Å². The number of nitrogens with zero attached hydrogens (tertiary/aromatic N) is 2. The monoisotopic (exact) mass is 634 g/mol. The van der Waals surface area contributed by atoms with Crippen molar-refractivity contribution >= 4 is 50.5 Å². The van der Waals surface area contributed by atoms with E-state index in [-0.39, 0.29) is 16.8 Å². The molecule has 4 rings (SSSR count). The van der Waals surface area contributed by atoms with E-state index in [2.05, 4.69) is 0 Å². The van der Waals surface area contributed by atoms with E-state index in [9.17, 15) is 26.8 Å². The lowest BCUT2D eigenvalue weighted by atomic mass is 9.95. The number of hydrogen-bond acceptors (Lipinski definition) is 5. The predicted molar refractivity (Wildman–Crippen MR) is 153 cm³/mol. The van der Waals surface area contributed by atoms with Gasteiger partial charge in [-0.3, -0.25) is 5.21 Å². The highest BCUT2D eigenvalue weighted by molar-refractivity contribution is 7.87. The average molecular weight is 636 g/mol. The minimum atomic E-state index is -4.62. The second-order valence-corrected chi connectivity index (χ2v) is 12.6. The normalized spacial score (nSPS) is 14.8. The molecule has 216 valence electrons. The van der Waals surface area contributed by atoms with Crippen molar-refractivity contribution < 1.29 is 31.0 Å². The molecule has 0 saturated heterocycles. The summed E-state index contributed by atoms with van der Waals surface area (Å²) < 4.78 is 68.2. The SMILES string of the molecule is Cc1c(C(=S)N(O)C2CCCCC2)cc(-c2ccc(Cl)cc2Cl)n1-c1ccc(OS(=O)(=O)CCC(F)(F)F)cc1. The first-order valence-electron chi connectivity index (χ1n) is 12.6. The Morgan fingerprint density at radius 3 is 2.35 bits per heavy atom. The van der Waals surface area contributed by atoms with E-state index in [0.29, 0.717) is 38.2 Å². The van der Waals surface area contributed by atoms with Crippen LogP contribution in [-0.4, -0.2) is 46.2 Å². The maximum Gasteiger partial charge on any atom is 0.390 e. The molecule has 1 aliphatic rings. The van der Waals surface area contributed by atoms with Gasteiger partial charge >= 0.3 is 16.3 Å². The molecule has 0 atom stereocenters. The number of halogens is 5. The summed E-state index contributed by atoms with van der Waals surface area (Å²) in [7, 11) is -4.45. The maximum atomic E-state index is 12.5. The molecule has 1 saturated carbocycles. The number of benzene rings is 2. The molecule has 2 aromatic carbocycles. The summed E-state index contributed by atoms with van der Waals surface area (Å²) in [6.07, 6.45) is -1.32. The summed E-state index contributed by atoms with van der Waals surface area (Å²) in [6, 6.07) is 12.6. The zero-order valence-corrected chi connectivity index (χ0v) is 24.6. The summed E-state index contributed by atoms with van der Waals surface area (Å²) in [5.41, 5.74) is 3.15. The fourth-order valence-electron chi connectivity index (χ4n) is 4.75. The second-order valence-electron chi connectivity index (χ2n) is 9.63. The minimum absolute atomic E-state index is 0.0812. The van der Waals surface area contributed by atoms with Crippen LogP contribution >= 0.6 is 35.4 Å². The third-order valence-corrected chi connectivity index (χ3v) is 8.87. The summed E-state index contributed by atoms with van der Waals surface area (Å²) in [6.45, 7) is 1.83. The quantitative estimate of drug-likeness (QED) is 0.153. The van der Waals surface area contributed by atoms with Gasteiger partial charge in [-0.05, 0) is 68.3 Å². The summed E-state index contributed by atoms with van der Waals surface area (Å²) in [5, 5.41) is 13.0. The Bertz CT molecular complexity index is 1490. The van der Waals surface area contributed by atoms with E-state index in [4.69, 9.17) is 39.6 Å². The zero-order chi connectivity index (χ0) is 29.2. The van der Waals surface area contributed by atoms with Crippen LogP contribution in [0.25, 0.3) is 16.9 Å². The molecule has 0 spiro atoms. The van der Waals surface area contributed by atoms with Gasteiger partial charge in [0.05, 0.1) is 28.9 Å². The lowest BCUT2D eigenvalue weighted by Gasteiger charge is -2.30. The van der Waals surface area contributed by atoms with E-state index >= 15 is 0 Å². The fourth-order valence-corrected chi connectivity index (χ4v) is 6.58. The van der Waals surface area contributed by atoms with Gasteiger partial charge in [-0.1, -0.05) is 54.7 Å². The van der Waals surface area contributed by atoms with Crippen LogP contribution in [0.1, 0.15) is 49.8 Å². The van der Waals surface area contributed by atoms with E-state index in [1.807, 2.05) is 17.6 Å². The molecule has 1 heterocycles. The first-order chi connectivity index (χ1) is 18.8. The summed E-state index contributed by atoms with van der Waals surface area (Å²) >= 11 is 18.4. The number of hydrogen-bond donors (Lipinski definition) is 1. The molecular weight excluding hydrogens is 608 g/mol. The highest BCUT2D eigenvalue weighted by Crippen LogP contribution is 2.37. The standard InChI is InChI=1S/C27H27Cl2F3N2O4S2/c1-17-23(26(39)34(35)20-5-3-2-4-6-20)16-25(22-12-7-18(28)15-24(22)29)33(17)19-8-10-21(11-9-19)38-40(36,37)14-13-27(30,31)32/h7-12,15-16,20,35H,2-6,13-14H2,1H3. The predicted octanol–water partition coefficient (Wildman–Crippen LogP) is 8.12. The van der Waals surface area contributed by atoms with Gasteiger partial charge in [0.1, 0.15) is 10.7 Å². The first kappa shape index (κ1) is 30.6. The van der Waals surface area contributed by atoms with Crippen LogP contribution in [0.15, 0.2) is 48.5 Å². The largest absolute Gasteiger partial charge is 0.390 e. The molecule has 1 aromatic heterocycles. The Kier molecular flexibility index (Phi) is 9.41. The fraction of sp³-hybridized carbons (Fsp3) is 0.370. The lowest BCUT2D eigenvalue weighted by molar-refractivity contribution is -0.130. The molecule has 1 N–H and O–H groups in total. The number of alkyl halides is 3. The number of aromatic nitrogens is 1. The third-order valence-electron chi connectivity index (χ3n) is 6.77. The maximum absolute atomic E-state index is 12.5. The summed E-state index contributed by atoms with van der Waals surface area (Å²) in [5.74, 6) is -1.32. The van der Waals surface area contributed by atoms with Crippen molar-refractivity contribution in [1.29, 1.82) is 0 Å². The molecule has 1 fully saturated rings. The van der Waals surface area contributed by atoms with Crippen LogP contribution in [-0.2, 0) is 10.1 Å². The van der Waals surface area contributed by atoms with Gasteiger partial charge in [0.2, 0.25) is 0 Å². The molecule has 3 aromatic rings. The van der Waals surface area contributed by atoms with Crippen molar-refractivity contribution in [3.05, 3.63) is 69.8 Å². The van der Waals surface area contributed by atoms with Gasteiger partial charge in [0.25, 0.3) is 0 Å². The van der Waals surface area contributed by atoms with E-state index in [1.165, 1.54) is 12.1 Å². The van der Waals surface area contributed by atoms with Crippen molar-refractivity contribution in [1.82, 2.24) is 9.63 Å². The van der Waals surface area contributed by atoms with Gasteiger partial charge in [0, 0.05) is 27.5 Å². The highest BCUT2D eigenvalue weighted by Gasteiger charge is 2.31. The van der Waals surface area contributed by atoms with Crippen molar-refractivity contribution in [2.75, 3.05) is 5.75 Å². The Labute approximate surface area is 246 Å². The van der Waals surface area contributed by atoms with Gasteiger partial charge in [-0.25, -0.2) is 5.06 Å². The molecular formula is C27H27Cl2F3N2O4S2. The third kappa shape index (κ3) is 7.30. The van der Waals surface area contributed by atoms with E-state index < -0.39 is 28.5 Å². The Morgan fingerprint density at radius 1 is 1.10 bits per heavy atom. The topological polar surface area (TPSA) is 71.8 Å². The van der Waals surface area contributed by atoms with Gasteiger partial charge in [0.15, 0.2) is 0 Å².